The van der Waals surface area contributed by atoms with Crippen LogP contribution < -0.4 is 9.64 Å². The van der Waals surface area contributed by atoms with E-state index in [-0.39, 0.29) is 5.56 Å². The summed E-state index contributed by atoms with van der Waals surface area (Å²) in [6.45, 7) is 1.83. The number of piperidine rings is 1. The molecular formula is C20H18ClF2N3O. The van der Waals surface area contributed by atoms with Crippen LogP contribution in [-0.4, -0.2) is 30.2 Å². The van der Waals surface area contributed by atoms with Crippen molar-refractivity contribution >= 4 is 28.3 Å². The van der Waals surface area contributed by atoms with Crippen molar-refractivity contribution in [3.63, 3.8) is 0 Å². The van der Waals surface area contributed by atoms with Crippen molar-refractivity contribution in [3.8, 4) is 16.9 Å². The average molecular weight is 390 g/mol. The Morgan fingerprint density at radius 2 is 1.85 bits per heavy atom. The highest BCUT2D eigenvalue weighted by Crippen LogP contribution is 2.44. The molecule has 7 heteroatoms. The molecule has 27 heavy (non-hydrogen) atoms. The zero-order valence-electron chi connectivity index (χ0n) is 14.8. The van der Waals surface area contributed by atoms with Crippen molar-refractivity contribution in [1.29, 1.82) is 0 Å². The number of hydrogen-bond donors (Lipinski definition) is 0. The number of methoxy groups -OCH3 is 1. The Hall–Kier alpha value is -2.47. The van der Waals surface area contributed by atoms with E-state index in [1.165, 1.54) is 32.0 Å². The predicted octanol–water partition coefficient (Wildman–Crippen LogP) is 5.23. The van der Waals surface area contributed by atoms with Gasteiger partial charge in [-0.05, 0) is 37.5 Å². The first-order valence-corrected chi connectivity index (χ1v) is 9.19. The fraction of sp³-hybridized carbons (Fsp3) is 0.300. The first kappa shape index (κ1) is 17.9. The molecule has 0 spiro atoms. The summed E-state index contributed by atoms with van der Waals surface area (Å²) in [4.78, 5) is 11.0. The standard InChI is InChI=1S/C20H18ClF2N3O/c1-27-19-17(13-6-5-12(22)9-16(13)23)15(21)10-14-18(19)24-11-25-20(14)26-7-3-2-4-8-26/h5-6,9-11H,2-4,7-8H2,1H3. The number of ether oxygens (including phenoxy) is 1. The lowest BCUT2D eigenvalue weighted by Crippen LogP contribution is -2.30. The Morgan fingerprint density at radius 3 is 2.56 bits per heavy atom. The van der Waals surface area contributed by atoms with Gasteiger partial charge in [-0.15, -0.1) is 0 Å². The van der Waals surface area contributed by atoms with Crippen LogP contribution in [-0.2, 0) is 0 Å². The third-order valence-corrected chi connectivity index (χ3v) is 5.17. The molecule has 4 rings (SSSR count). The fourth-order valence-corrected chi connectivity index (χ4v) is 3.92. The van der Waals surface area contributed by atoms with Crippen LogP contribution in [0.1, 0.15) is 19.3 Å². The molecule has 140 valence electrons. The van der Waals surface area contributed by atoms with Crippen molar-refractivity contribution in [2.24, 2.45) is 0 Å². The van der Waals surface area contributed by atoms with Crippen LogP contribution in [0, 0.1) is 11.6 Å². The summed E-state index contributed by atoms with van der Waals surface area (Å²) in [6, 6.07) is 5.11. The van der Waals surface area contributed by atoms with Gasteiger partial charge in [-0.3, -0.25) is 0 Å². The van der Waals surface area contributed by atoms with Crippen LogP contribution >= 0.6 is 11.6 Å². The smallest absolute Gasteiger partial charge is 0.154 e. The first-order valence-electron chi connectivity index (χ1n) is 8.81. The Balaban J connectivity index is 1.96. The van der Waals surface area contributed by atoms with E-state index in [9.17, 15) is 8.78 Å². The minimum absolute atomic E-state index is 0.165. The highest BCUT2D eigenvalue weighted by atomic mass is 35.5. The van der Waals surface area contributed by atoms with Gasteiger partial charge < -0.3 is 9.64 Å². The van der Waals surface area contributed by atoms with E-state index < -0.39 is 11.6 Å². The van der Waals surface area contributed by atoms with Gasteiger partial charge in [0.25, 0.3) is 0 Å². The van der Waals surface area contributed by atoms with Gasteiger partial charge >= 0.3 is 0 Å². The molecule has 4 nitrogen and oxygen atoms in total. The van der Waals surface area contributed by atoms with E-state index in [1.54, 1.807) is 6.07 Å². The summed E-state index contributed by atoms with van der Waals surface area (Å²) >= 11 is 6.53. The number of nitrogens with zero attached hydrogens (tertiary/aromatic N) is 3. The molecule has 0 bridgehead atoms. The van der Waals surface area contributed by atoms with Crippen LogP contribution in [0.3, 0.4) is 0 Å². The summed E-state index contributed by atoms with van der Waals surface area (Å²) in [5.41, 5.74) is 1.07. The van der Waals surface area contributed by atoms with Crippen molar-refractivity contribution in [2.45, 2.75) is 19.3 Å². The quantitative estimate of drug-likeness (QED) is 0.615. The summed E-state index contributed by atoms with van der Waals surface area (Å²) in [5.74, 6) is -0.212. The minimum atomic E-state index is -0.708. The maximum absolute atomic E-state index is 14.4. The number of rotatable bonds is 3. The molecule has 2 aromatic carbocycles. The Bertz CT molecular complexity index is 1010. The van der Waals surface area contributed by atoms with E-state index >= 15 is 0 Å². The van der Waals surface area contributed by atoms with Gasteiger partial charge in [-0.2, -0.15) is 0 Å². The van der Waals surface area contributed by atoms with E-state index in [0.29, 0.717) is 21.9 Å². The van der Waals surface area contributed by atoms with Crippen LogP contribution in [0.2, 0.25) is 5.02 Å². The van der Waals surface area contributed by atoms with Gasteiger partial charge in [0.2, 0.25) is 0 Å². The van der Waals surface area contributed by atoms with Crippen molar-refractivity contribution in [1.82, 2.24) is 9.97 Å². The van der Waals surface area contributed by atoms with Crippen LogP contribution in [0.5, 0.6) is 5.75 Å². The third-order valence-electron chi connectivity index (χ3n) is 4.88. The second-order valence-electron chi connectivity index (χ2n) is 6.53. The summed E-state index contributed by atoms with van der Waals surface area (Å²) < 4.78 is 33.3. The molecule has 2 heterocycles. The van der Waals surface area contributed by atoms with Gasteiger partial charge in [0, 0.05) is 35.7 Å². The number of benzene rings is 2. The number of aromatic nitrogens is 2. The molecule has 0 N–H and O–H groups in total. The van der Waals surface area contributed by atoms with Crippen LogP contribution in [0.4, 0.5) is 14.6 Å². The maximum Gasteiger partial charge on any atom is 0.154 e. The molecule has 1 aromatic heterocycles. The Morgan fingerprint density at radius 1 is 1.07 bits per heavy atom. The lowest BCUT2D eigenvalue weighted by Gasteiger charge is -2.28. The van der Waals surface area contributed by atoms with Gasteiger partial charge in [0.15, 0.2) is 5.75 Å². The maximum atomic E-state index is 14.4. The first-order chi connectivity index (χ1) is 13.1. The fourth-order valence-electron chi connectivity index (χ4n) is 3.63. The molecule has 0 radical (unpaired) electrons. The van der Waals surface area contributed by atoms with Gasteiger partial charge in [0.05, 0.1) is 12.1 Å². The lowest BCUT2D eigenvalue weighted by molar-refractivity contribution is 0.420. The van der Waals surface area contributed by atoms with E-state index in [4.69, 9.17) is 16.3 Å². The molecule has 1 aliphatic rings. The lowest BCUT2D eigenvalue weighted by atomic mass is 10.0. The van der Waals surface area contributed by atoms with Crippen molar-refractivity contribution in [2.75, 3.05) is 25.1 Å². The molecule has 0 amide bonds. The number of anilines is 1. The van der Waals surface area contributed by atoms with E-state index in [1.807, 2.05) is 0 Å². The molecule has 0 aliphatic carbocycles. The SMILES string of the molecule is COc1c(-c2ccc(F)cc2F)c(Cl)cc2c(N3CCCCC3)ncnc12. The molecule has 3 aromatic rings. The van der Waals surface area contributed by atoms with Gasteiger partial charge in [-0.1, -0.05) is 11.6 Å². The highest BCUT2D eigenvalue weighted by molar-refractivity contribution is 6.35. The van der Waals surface area contributed by atoms with Crippen LogP contribution in [0.15, 0.2) is 30.6 Å². The average Bonchev–Trinajstić information content (AvgIpc) is 2.68. The monoisotopic (exact) mass is 389 g/mol. The summed E-state index contributed by atoms with van der Waals surface area (Å²) in [6.07, 6.45) is 4.90. The Labute approximate surface area is 160 Å². The van der Waals surface area contributed by atoms with Gasteiger partial charge in [0.1, 0.15) is 29.3 Å². The molecular weight excluding hydrogens is 372 g/mol. The second kappa shape index (κ2) is 7.27. The zero-order chi connectivity index (χ0) is 19.0. The minimum Gasteiger partial charge on any atom is -0.494 e. The van der Waals surface area contributed by atoms with Crippen molar-refractivity contribution in [3.05, 3.63) is 47.2 Å². The number of fused-ring (bicyclic) bond motifs is 1. The zero-order valence-corrected chi connectivity index (χ0v) is 15.6. The molecule has 0 saturated carbocycles. The molecule has 1 aliphatic heterocycles. The normalized spacial score (nSPS) is 14.6. The van der Waals surface area contributed by atoms with Crippen molar-refractivity contribution < 1.29 is 13.5 Å². The second-order valence-corrected chi connectivity index (χ2v) is 6.94. The molecule has 0 atom stereocenters. The van der Waals surface area contributed by atoms with E-state index in [0.717, 1.165) is 43.2 Å². The number of hydrogen-bond acceptors (Lipinski definition) is 4. The van der Waals surface area contributed by atoms with Crippen LogP contribution in [0.25, 0.3) is 22.0 Å². The van der Waals surface area contributed by atoms with Gasteiger partial charge in [-0.25, -0.2) is 18.7 Å². The summed E-state index contributed by atoms with van der Waals surface area (Å²) in [7, 11) is 1.48. The number of halogens is 3. The molecule has 1 saturated heterocycles. The largest absolute Gasteiger partial charge is 0.494 e. The predicted molar refractivity (Wildman–Crippen MR) is 103 cm³/mol. The van der Waals surface area contributed by atoms with E-state index in [2.05, 4.69) is 14.9 Å². The molecule has 1 fully saturated rings. The summed E-state index contributed by atoms with van der Waals surface area (Å²) in [5, 5.41) is 1.06. The highest BCUT2D eigenvalue weighted by Gasteiger charge is 2.23. The third kappa shape index (κ3) is 3.18. The molecule has 0 unspecified atom stereocenters. The topological polar surface area (TPSA) is 38.2 Å². The Kier molecular flexibility index (Phi) is 4.83.